The van der Waals surface area contributed by atoms with Gasteiger partial charge in [-0.3, -0.25) is 14.2 Å². The molecule has 1 N–H and O–H groups in total. The maximum atomic E-state index is 12.8. The molecule has 0 spiro atoms. The Morgan fingerprint density at radius 2 is 2.12 bits per heavy atom. The van der Waals surface area contributed by atoms with Crippen molar-refractivity contribution in [2.45, 2.75) is 71.9 Å². The molecule has 1 aliphatic rings. The van der Waals surface area contributed by atoms with E-state index in [9.17, 15) is 9.59 Å². The first kappa shape index (κ1) is 18.1. The third kappa shape index (κ3) is 4.11. The van der Waals surface area contributed by atoms with Crippen LogP contribution in [-0.2, 0) is 24.2 Å². The Morgan fingerprint density at radius 3 is 2.88 bits per heavy atom. The first-order chi connectivity index (χ1) is 12.0. The number of aryl methyl sites for hydroxylation is 2. The summed E-state index contributed by atoms with van der Waals surface area (Å²) < 4.78 is 1.45. The van der Waals surface area contributed by atoms with Crippen LogP contribution in [0, 0.1) is 5.92 Å². The van der Waals surface area contributed by atoms with E-state index < -0.39 is 0 Å². The molecule has 0 saturated carbocycles. The zero-order valence-electron chi connectivity index (χ0n) is 15.3. The molecule has 0 aliphatic heterocycles. The minimum absolute atomic E-state index is 0.0426. The second kappa shape index (κ2) is 7.68. The van der Waals surface area contributed by atoms with Gasteiger partial charge in [0.15, 0.2) is 0 Å². The third-order valence-electron chi connectivity index (χ3n) is 4.83. The molecular formula is C19H27N3O2S. The molecule has 0 saturated heterocycles. The predicted molar refractivity (Wildman–Crippen MR) is 102 cm³/mol. The van der Waals surface area contributed by atoms with Crippen LogP contribution >= 0.6 is 11.3 Å². The van der Waals surface area contributed by atoms with E-state index in [0.29, 0.717) is 5.92 Å². The van der Waals surface area contributed by atoms with Crippen LogP contribution in [0.2, 0.25) is 0 Å². The zero-order chi connectivity index (χ0) is 18.0. The fourth-order valence-corrected chi connectivity index (χ4v) is 4.73. The monoisotopic (exact) mass is 361 g/mol. The number of amides is 1. The van der Waals surface area contributed by atoms with Crippen molar-refractivity contribution in [3.8, 4) is 0 Å². The molecule has 2 heterocycles. The average Bonchev–Trinajstić information content (AvgIpc) is 3.10. The summed E-state index contributed by atoms with van der Waals surface area (Å²) in [4.78, 5) is 31.6. The van der Waals surface area contributed by atoms with Gasteiger partial charge in [-0.05, 0) is 44.1 Å². The summed E-state index contributed by atoms with van der Waals surface area (Å²) in [5.41, 5.74) is 1.08. The summed E-state index contributed by atoms with van der Waals surface area (Å²) in [5.74, 6) is 0.568. The number of thiophene rings is 1. The Labute approximate surface area is 152 Å². The van der Waals surface area contributed by atoms with Gasteiger partial charge < -0.3 is 5.32 Å². The molecule has 0 fully saturated rings. The summed E-state index contributed by atoms with van der Waals surface area (Å²) >= 11 is 1.63. The largest absolute Gasteiger partial charge is 0.352 e. The van der Waals surface area contributed by atoms with E-state index in [1.807, 2.05) is 6.92 Å². The Bertz CT molecular complexity index is 822. The Hall–Kier alpha value is -1.69. The maximum Gasteiger partial charge on any atom is 0.262 e. The molecule has 6 heteroatoms. The third-order valence-corrected chi connectivity index (χ3v) is 6.03. The molecule has 25 heavy (non-hydrogen) atoms. The van der Waals surface area contributed by atoms with Gasteiger partial charge in [-0.2, -0.15) is 0 Å². The lowest BCUT2D eigenvalue weighted by Crippen LogP contribution is -2.37. The lowest BCUT2D eigenvalue weighted by molar-refractivity contribution is -0.122. The van der Waals surface area contributed by atoms with Crippen LogP contribution in [-0.4, -0.2) is 21.5 Å². The first-order valence-electron chi connectivity index (χ1n) is 9.24. The highest BCUT2D eigenvalue weighted by Crippen LogP contribution is 2.34. The lowest BCUT2D eigenvalue weighted by atomic mass is 10.0. The summed E-state index contributed by atoms with van der Waals surface area (Å²) in [6.07, 6.45) is 7.87. The molecule has 0 aromatic carbocycles. The first-order valence-corrected chi connectivity index (χ1v) is 10.1. The van der Waals surface area contributed by atoms with Crippen LogP contribution in [0.1, 0.15) is 56.9 Å². The molecule has 2 aromatic heterocycles. The SMILES string of the molecule is CC(C)CCC[C@@H](C)NC(=O)Cn1cnc2sc3c(c2c1=O)CCC3. The van der Waals surface area contributed by atoms with Gasteiger partial charge in [-0.15, -0.1) is 11.3 Å². The van der Waals surface area contributed by atoms with Crippen molar-refractivity contribution in [1.82, 2.24) is 14.9 Å². The van der Waals surface area contributed by atoms with Crippen molar-refractivity contribution >= 4 is 27.5 Å². The highest BCUT2D eigenvalue weighted by atomic mass is 32.1. The summed E-state index contributed by atoms with van der Waals surface area (Å²) in [7, 11) is 0. The molecule has 1 aliphatic carbocycles. The molecule has 0 unspecified atom stereocenters. The number of nitrogens with one attached hydrogen (secondary N) is 1. The van der Waals surface area contributed by atoms with Gasteiger partial charge in [0, 0.05) is 10.9 Å². The number of aromatic nitrogens is 2. The second-order valence-electron chi connectivity index (χ2n) is 7.51. The maximum absolute atomic E-state index is 12.8. The van der Waals surface area contributed by atoms with Gasteiger partial charge in [-0.1, -0.05) is 26.7 Å². The minimum Gasteiger partial charge on any atom is -0.352 e. The van der Waals surface area contributed by atoms with E-state index >= 15 is 0 Å². The van der Waals surface area contributed by atoms with E-state index in [4.69, 9.17) is 0 Å². The van der Waals surface area contributed by atoms with Gasteiger partial charge in [0.25, 0.3) is 5.56 Å². The standard InChI is InChI=1S/C19H27N3O2S/c1-12(2)6-4-7-13(3)21-16(23)10-22-11-20-18-17(19(22)24)14-8-5-9-15(14)25-18/h11-13H,4-10H2,1-3H3,(H,21,23)/t13-/m1/s1. The molecule has 1 atom stereocenters. The van der Waals surface area contributed by atoms with Crippen LogP contribution in [0.4, 0.5) is 0 Å². The molecule has 2 aromatic rings. The molecular weight excluding hydrogens is 334 g/mol. The average molecular weight is 362 g/mol. The molecule has 0 bridgehead atoms. The molecule has 1 amide bonds. The van der Waals surface area contributed by atoms with Gasteiger partial charge in [0.2, 0.25) is 5.91 Å². The number of carbonyl (C=O) groups is 1. The molecule has 5 nitrogen and oxygen atoms in total. The van der Waals surface area contributed by atoms with Crippen molar-refractivity contribution in [2.75, 3.05) is 0 Å². The van der Waals surface area contributed by atoms with Crippen molar-refractivity contribution in [3.05, 3.63) is 27.1 Å². The topological polar surface area (TPSA) is 64.0 Å². The zero-order valence-corrected chi connectivity index (χ0v) is 16.1. The van der Waals surface area contributed by atoms with Crippen molar-refractivity contribution < 1.29 is 4.79 Å². The van der Waals surface area contributed by atoms with Crippen LogP contribution in [0.25, 0.3) is 10.2 Å². The van der Waals surface area contributed by atoms with Crippen molar-refractivity contribution in [3.63, 3.8) is 0 Å². The molecule has 0 radical (unpaired) electrons. The number of fused-ring (bicyclic) bond motifs is 3. The summed E-state index contributed by atoms with van der Waals surface area (Å²) in [5, 5.41) is 3.73. The Morgan fingerprint density at radius 1 is 1.32 bits per heavy atom. The van der Waals surface area contributed by atoms with E-state index in [1.165, 1.54) is 22.2 Å². The fraction of sp³-hybridized carbons (Fsp3) is 0.632. The molecule has 136 valence electrons. The van der Waals surface area contributed by atoms with Gasteiger partial charge in [0.1, 0.15) is 11.4 Å². The lowest BCUT2D eigenvalue weighted by Gasteiger charge is -2.15. The highest BCUT2D eigenvalue weighted by molar-refractivity contribution is 7.18. The van der Waals surface area contributed by atoms with E-state index in [-0.39, 0.29) is 24.1 Å². The normalized spacial score (nSPS) is 14.9. The number of hydrogen-bond acceptors (Lipinski definition) is 4. The Balaban J connectivity index is 1.65. The summed E-state index contributed by atoms with van der Waals surface area (Å²) in [6.45, 7) is 6.48. The highest BCUT2D eigenvalue weighted by Gasteiger charge is 2.21. The quantitative estimate of drug-likeness (QED) is 0.823. The van der Waals surface area contributed by atoms with E-state index in [2.05, 4.69) is 24.1 Å². The summed E-state index contributed by atoms with van der Waals surface area (Å²) in [6, 6.07) is 0.129. The van der Waals surface area contributed by atoms with Crippen LogP contribution in [0.15, 0.2) is 11.1 Å². The number of carbonyl (C=O) groups excluding carboxylic acids is 1. The number of hydrogen-bond donors (Lipinski definition) is 1. The van der Waals surface area contributed by atoms with E-state index in [1.54, 1.807) is 11.3 Å². The van der Waals surface area contributed by atoms with Gasteiger partial charge in [0.05, 0.1) is 11.7 Å². The van der Waals surface area contributed by atoms with Gasteiger partial charge in [-0.25, -0.2) is 4.98 Å². The minimum atomic E-state index is -0.118. The second-order valence-corrected chi connectivity index (χ2v) is 8.59. The number of nitrogens with zero attached hydrogens (tertiary/aromatic N) is 2. The van der Waals surface area contributed by atoms with Gasteiger partial charge >= 0.3 is 0 Å². The predicted octanol–water partition coefficient (Wildman–Crippen LogP) is 3.28. The van der Waals surface area contributed by atoms with Crippen LogP contribution < -0.4 is 10.9 Å². The van der Waals surface area contributed by atoms with Crippen LogP contribution in [0.3, 0.4) is 0 Å². The van der Waals surface area contributed by atoms with Crippen molar-refractivity contribution in [1.29, 1.82) is 0 Å². The smallest absolute Gasteiger partial charge is 0.262 e. The molecule has 3 rings (SSSR count). The van der Waals surface area contributed by atoms with E-state index in [0.717, 1.165) is 47.9 Å². The number of rotatable bonds is 7. The Kier molecular flexibility index (Phi) is 5.57. The van der Waals surface area contributed by atoms with Crippen molar-refractivity contribution in [2.24, 2.45) is 5.92 Å². The van der Waals surface area contributed by atoms with Crippen LogP contribution in [0.5, 0.6) is 0 Å². The fourth-order valence-electron chi connectivity index (χ4n) is 3.51.